The fourth-order valence-electron chi connectivity index (χ4n) is 4.13. The summed E-state index contributed by atoms with van der Waals surface area (Å²) in [6, 6.07) is 17.8. The van der Waals surface area contributed by atoms with Crippen molar-refractivity contribution in [2.75, 3.05) is 13.7 Å². The van der Waals surface area contributed by atoms with Gasteiger partial charge in [-0.3, -0.25) is 9.36 Å². The van der Waals surface area contributed by atoms with E-state index in [0.717, 1.165) is 10.0 Å². The fourth-order valence-corrected chi connectivity index (χ4v) is 5.83. The van der Waals surface area contributed by atoms with Gasteiger partial charge in [0.15, 0.2) is 8.57 Å². The third-order valence-corrected chi connectivity index (χ3v) is 8.84. The largest absolute Gasteiger partial charge is 0.497 e. The molecular weight excluding hydrogens is 671 g/mol. The molecule has 0 radical (unpaired) electrons. The van der Waals surface area contributed by atoms with E-state index in [4.69, 9.17) is 18.9 Å². The summed E-state index contributed by atoms with van der Waals surface area (Å²) in [6.45, 7) is 1.94. The average molecular weight is 691 g/mol. The van der Waals surface area contributed by atoms with E-state index < -0.39 is 12.0 Å². The predicted molar refractivity (Wildman–Crippen MR) is 153 cm³/mol. The molecule has 0 saturated heterocycles. The molecule has 1 atom stereocenters. The molecule has 7 nitrogen and oxygen atoms in total. The number of aromatic nitrogens is 1. The van der Waals surface area contributed by atoms with E-state index in [1.165, 1.54) is 11.3 Å². The van der Waals surface area contributed by atoms with Gasteiger partial charge < -0.3 is 13.9 Å². The van der Waals surface area contributed by atoms with Gasteiger partial charge in [-0.1, -0.05) is 53.8 Å². The lowest BCUT2D eigenvalue weighted by atomic mass is 9.93. The number of carbonyl (C=O) groups is 1. The second-order valence-electron chi connectivity index (χ2n) is 7.98. The fraction of sp³-hybridized carbons (Fsp3) is 0.148. The molecule has 5 rings (SSSR count). The molecule has 0 bridgehead atoms. The highest BCUT2D eigenvalue weighted by atomic mass is 127. The summed E-state index contributed by atoms with van der Waals surface area (Å²) < 4.78 is 20.1. The van der Waals surface area contributed by atoms with Gasteiger partial charge in [-0.05, 0) is 46.6 Å². The summed E-state index contributed by atoms with van der Waals surface area (Å²) in [7, 11) is 1.57. The van der Waals surface area contributed by atoms with Gasteiger partial charge in [-0.2, -0.15) is 0 Å². The third-order valence-electron chi connectivity index (χ3n) is 5.72. The van der Waals surface area contributed by atoms with Crippen molar-refractivity contribution < 1.29 is 18.7 Å². The van der Waals surface area contributed by atoms with E-state index in [-0.39, 0.29) is 17.7 Å². The Hall–Kier alpha value is -2.96. The number of benzene rings is 2. The van der Waals surface area contributed by atoms with Gasteiger partial charge in [0.05, 0.1) is 40.0 Å². The Kier molecular flexibility index (Phi) is 7.50. The van der Waals surface area contributed by atoms with Crippen LogP contribution >= 0.6 is 49.9 Å². The lowest BCUT2D eigenvalue weighted by Gasteiger charge is -2.26. The molecule has 2 aromatic carbocycles. The highest BCUT2D eigenvalue weighted by Gasteiger charge is 2.35. The van der Waals surface area contributed by atoms with Crippen LogP contribution in [0.5, 0.6) is 5.75 Å². The minimum atomic E-state index is -0.772. The van der Waals surface area contributed by atoms with Crippen molar-refractivity contribution in [1.82, 2.24) is 4.57 Å². The topological polar surface area (TPSA) is 83.0 Å². The first-order chi connectivity index (χ1) is 17.9. The SMILES string of the molecule is CCOC(=O)C1=C(c2ccccc2)N=c2s/c(=C/c3cc(Br)c(I)o3)c(=O)n2[C@@H]1c1cccc(OC)c1. The number of furan rings is 1. The number of fused-ring (bicyclic) bond motifs is 1. The first-order valence-electron chi connectivity index (χ1n) is 11.3. The third kappa shape index (κ3) is 4.97. The number of hydrogen-bond acceptors (Lipinski definition) is 7. The predicted octanol–water partition coefficient (Wildman–Crippen LogP) is 4.90. The summed E-state index contributed by atoms with van der Waals surface area (Å²) >= 11 is 6.76. The molecule has 37 heavy (non-hydrogen) atoms. The summed E-state index contributed by atoms with van der Waals surface area (Å²) in [5, 5.41) is 0. The first kappa shape index (κ1) is 25.7. The van der Waals surface area contributed by atoms with Crippen molar-refractivity contribution in [2.24, 2.45) is 4.99 Å². The molecule has 0 unspecified atom stereocenters. The van der Waals surface area contributed by atoms with Crippen LogP contribution in [0.3, 0.4) is 0 Å². The van der Waals surface area contributed by atoms with Crippen LogP contribution in [0, 0.1) is 3.77 Å². The summed E-state index contributed by atoms with van der Waals surface area (Å²) in [5.41, 5.74) is 1.92. The lowest BCUT2D eigenvalue weighted by molar-refractivity contribution is -0.138. The quantitative estimate of drug-likeness (QED) is 0.212. The number of nitrogens with zero attached hydrogens (tertiary/aromatic N) is 2. The molecule has 3 heterocycles. The van der Waals surface area contributed by atoms with Crippen LogP contribution in [-0.2, 0) is 9.53 Å². The highest BCUT2D eigenvalue weighted by Crippen LogP contribution is 2.36. The second kappa shape index (κ2) is 10.8. The Balaban J connectivity index is 1.84. The van der Waals surface area contributed by atoms with Crippen molar-refractivity contribution in [3.05, 3.63) is 111 Å². The van der Waals surface area contributed by atoms with Gasteiger partial charge in [0.1, 0.15) is 11.5 Å². The maximum atomic E-state index is 13.8. The zero-order chi connectivity index (χ0) is 26.1. The normalized spacial score (nSPS) is 15.4. The molecule has 188 valence electrons. The van der Waals surface area contributed by atoms with Crippen molar-refractivity contribution in [3.63, 3.8) is 0 Å². The Morgan fingerprint density at radius 2 is 2.00 bits per heavy atom. The number of rotatable bonds is 6. The standard InChI is InChI=1S/C27H20BrIN2O5S/c1-3-35-26(33)21-22(15-8-5-4-6-9-15)30-27-31(23(21)16-10-7-11-17(12-16)34-2)25(32)20(37-27)14-18-13-19(28)24(29)36-18/h4-14,23H,3H2,1-2H3/b20-14+/t23-/m1/s1. The number of esters is 1. The van der Waals surface area contributed by atoms with Crippen molar-refractivity contribution in [3.8, 4) is 5.75 Å². The summed E-state index contributed by atoms with van der Waals surface area (Å²) in [5.74, 6) is 0.611. The lowest BCUT2D eigenvalue weighted by Crippen LogP contribution is -2.40. The molecule has 1 aliphatic heterocycles. The number of methoxy groups -OCH3 is 1. The Morgan fingerprint density at radius 3 is 2.68 bits per heavy atom. The van der Waals surface area contributed by atoms with Crippen molar-refractivity contribution in [1.29, 1.82) is 0 Å². The molecule has 10 heteroatoms. The molecule has 0 amide bonds. The van der Waals surface area contributed by atoms with E-state index in [0.29, 0.717) is 35.9 Å². The number of halogens is 2. The molecule has 0 saturated carbocycles. The minimum absolute atomic E-state index is 0.186. The smallest absolute Gasteiger partial charge is 0.338 e. The van der Waals surface area contributed by atoms with E-state index >= 15 is 0 Å². The molecule has 0 spiro atoms. The van der Waals surface area contributed by atoms with E-state index in [2.05, 4.69) is 38.5 Å². The van der Waals surface area contributed by atoms with E-state index in [9.17, 15) is 9.59 Å². The van der Waals surface area contributed by atoms with Gasteiger partial charge in [0, 0.05) is 34.2 Å². The molecular formula is C27H20BrIN2O5S. The minimum Gasteiger partial charge on any atom is -0.497 e. The Morgan fingerprint density at radius 1 is 1.22 bits per heavy atom. The zero-order valence-electron chi connectivity index (χ0n) is 19.7. The average Bonchev–Trinajstić information content (AvgIpc) is 3.40. The number of thiazole rings is 1. The van der Waals surface area contributed by atoms with Crippen LogP contribution in [0.4, 0.5) is 0 Å². The number of carbonyl (C=O) groups excluding carboxylic acids is 1. The zero-order valence-corrected chi connectivity index (χ0v) is 24.3. The molecule has 2 aromatic heterocycles. The van der Waals surface area contributed by atoms with E-state index in [1.54, 1.807) is 30.7 Å². The van der Waals surface area contributed by atoms with Crippen molar-refractivity contribution in [2.45, 2.75) is 13.0 Å². The molecule has 1 aliphatic rings. The number of ether oxygens (including phenoxy) is 2. The van der Waals surface area contributed by atoms with Gasteiger partial charge >= 0.3 is 5.97 Å². The monoisotopic (exact) mass is 690 g/mol. The highest BCUT2D eigenvalue weighted by molar-refractivity contribution is 14.1. The second-order valence-corrected chi connectivity index (χ2v) is 10.8. The Labute approximate surface area is 238 Å². The summed E-state index contributed by atoms with van der Waals surface area (Å²) in [6.07, 6.45) is 1.69. The summed E-state index contributed by atoms with van der Waals surface area (Å²) in [4.78, 5) is 32.6. The van der Waals surface area contributed by atoms with Crippen LogP contribution in [0.25, 0.3) is 11.8 Å². The van der Waals surface area contributed by atoms with Gasteiger partial charge in [-0.25, -0.2) is 9.79 Å². The van der Waals surface area contributed by atoms with E-state index in [1.807, 2.05) is 54.6 Å². The van der Waals surface area contributed by atoms with Crippen LogP contribution < -0.4 is 19.6 Å². The van der Waals surface area contributed by atoms with Crippen LogP contribution in [0.15, 0.2) is 84.9 Å². The maximum Gasteiger partial charge on any atom is 0.338 e. The maximum absolute atomic E-state index is 13.8. The van der Waals surface area contributed by atoms with Crippen molar-refractivity contribution >= 4 is 67.6 Å². The van der Waals surface area contributed by atoms with Crippen LogP contribution in [0.1, 0.15) is 29.9 Å². The van der Waals surface area contributed by atoms with Gasteiger partial charge in [-0.15, -0.1) is 0 Å². The molecule has 0 N–H and O–H groups in total. The molecule has 0 aliphatic carbocycles. The van der Waals surface area contributed by atoms with Crippen LogP contribution in [-0.4, -0.2) is 24.3 Å². The molecule has 0 fully saturated rings. The first-order valence-corrected chi connectivity index (χ1v) is 14.0. The van der Waals surface area contributed by atoms with Gasteiger partial charge in [0.2, 0.25) is 0 Å². The number of hydrogen-bond donors (Lipinski definition) is 0. The van der Waals surface area contributed by atoms with Crippen LogP contribution in [0.2, 0.25) is 0 Å². The van der Waals surface area contributed by atoms with Gasteiger partial charge in [0.25, 0.3) is 5.56 Å². The Bertz CT molecular complexity index is 1680. The molecule has 4 aromatic rings.